The molecule has 0 spiro atoms. The summed E-state index contributed by atoms with van der Waals surface area (Å²) in [4.78, 5) is 8.77. The first-order valence-electron chi connectivity index (χ1n) is 11.7. The number of rotatable bonds is 5. The largest absolute Gasteiger partial charge is 0.497 e. The van der Waals surface area contributed by atoms with Crippen molar-refractivity contribution >= 4 is 22.5 Å². The number of hydrogen-bond acceptors (Lipinski definition) is 9. The minimum Gasteiger partial charge on any atom is -0.497 e. The number of aromatic nitrogens is 7. The second kappa shape index (κ2) is 8.52. The average molecular weight is 501 g/mol. The molecule has 0 fully saturated rings. The highest BCUT2D eigenvalue weighted by molar-refractivity contribution is 6.00. The van der Waals surface area contributed by atoms with Crippen LogP contribution in [0.4, 0.5) is 15.9 Å². The first-order chi connectivity index (χ1) is 17.9. The van der Waals surface area contributed by atoms with E-state index in [4.69, 9.17) is 15.6 Å². The second-order valence-corrected chi connectivity index (χ2v) is 8.98. The predicted octanol–water partition coefficient (Wildman–Crippen LogP) is 3.21. The molecule has 0 amide bonds. The molecule has 5 aromatic rings. The Morgan fingerprint density at radius 1 is 1.11 bits per heavy atom. The van der Waals surface area contributed by atoms with Gasteiger partial charge in [0.15, 0.2) is 5.65 Å². The van der Waals surface area contributed by atoms with Crippen LogP contribution in [0.15, 0.2) is 48.9 Å². The molecule has 1 unspecified atom stereocenters. The lowest BCUT2D eigenvalue weighted by atomic mass is 10.0. The molecule has 12 heteroatoms. The van der Waals surface area contributed by atoms with Crippen LogP contribution in [-0.4, -0.2) is 61.0 Å². The van der Waals surface area contributed by atoms with Crippen LogP contribution in [0, 0.1) is 5.82 Å². The van der Waals surface area contributed by atoms with Crippen molar-refractivity contribution in [2.24, 2.45) is 0 Å². The van der Waals surface area contributed by atoms with Gasteiger partial charge in [0.2, 0.25) is 0 Å². The summed E-state index contributed by atoms with van der Waals surface area (Å²) >= 11 is 0. The molecule has 0 radical (unpaired) electrons. The highest BCUT2D eigenvalue weighted by Gasteiger charge is 2.30. The summed E-state index contributed by atoms with van der Waals surface area (Å²) in [5.41, 5.74) is 11.5. The Morgan fingerprint density at radius 2 is 1.92 bits per heavy atom. The Labute approximate surface area is 211 Å². The molecule has 188 valence electrons. The van der Waals surface area contributed by atoms with Gasteiger partial charge in [0.25, 0.3) is 0 Å². The summed E-state index contributed by atoms with van der Waals surface area (Å²) in [6.07, 6.45) is 3.11. The normalized spacial score (nSPS) is 14.4. The third kappa shape index (κ3) is 3.56. The number of ether oxygens (including phenoxy) is 1. The molecule has 6 rings (SSSR count). The zero-order valence-electron chi connectivity index (χ0n) is 20.8. The number of nitrogens with zero attached hydrogens (tertiary/aromatic N) is 9. The maximum absolute atomic E-state index is 14.3. The van der Waals surface area contributed by atoms with Gasteiger partial charge in [-0.2, -0.15) is 5.10 Å². The highest BCUT2D eigenvalue weighted by atomic mass is 19.1. The molecule has 1 aliphatic rings. The number of benzene rings is 2. The summed E-state index contributed by atoms with van der Waals surface area (Å²) in [6.45, 7) is 2.63. The van der Waals surface area contributed by atoms with Crippen molar-refractivity contribution in [3.05, 3.63) is 66.0 Å². The van der Waals surface area contributed by atoms with E-state index in [1.165, 1.54) is 17.1 Å². The molecule has 0 saturated carbocycles. The summed E-state index contributed by atoms with van der Waals surface area (Å²) < 4.78 is 23.1. The Bertz CT molecular complexity index is 1640. The molecule has 1 atom stereocenters. The lowest BCUT2D eigenvalue weighted by Crippen LogP contribution is -2.29. The van der Waals surface area contributed by atoms with Gasteiger partial charge >= 0.3 is 0 Å². The van der Waals surface area contributed by atoms with Gasteiger partial charge in [-0.1, -0.05) is 17.3 Å². The molecule has 2 N–H and O–H groups in total. The summed E-state index contributed by atoms with van der Waals surface area (Å²) in [5.74, 6) is 0.639. The number of fused-ring (bicyclic) bond motifs is 2. The maximum Gasteiger partial charge on any atom is 0.164 e. The predicted molar refractivity (Wildman–Crippen MR) is 137 cm³/mol. The molecule has 1 aliphatic heterocycles. The average Bonchev–Trinajstić information content (AvgIpc) is 3.61. The van der Waals surface area contributed by atoms with E-state index in [9.17, 15) is 4.39 Å². The van der Waals surface area contributed by atoms with Gasteiger partial charge in [-0.3, -0.25) is 0 Å². The van der Waals surface area contributed by atoms with Crippen LogP contribution < -0.4 is 15.5 Å². The zero-order chi connectivity index (χ0) is 25.8. The second-order valence-electron chi connectivity index (χ2n) is 8.98. The highest BCUT2D eigenvalue weighted by Crippen LogP contribution is 2.43. The van der Waals surface area contributed by atoms with Crippen molar-refractivity contribution in [3.8, 4) is 22.7 Å². The molecule has 4 heterocycles. The standard InChI is InChI=1S/C25H25FN10O/c1-14(19-12-35(32-30-19)20-8-6-5-7-18(20)26)36-25-22(24(27)28-13-29-25)23(31-36)16-9-15(37-4)10-21-17(16)11-33(2)34(21)3/h5-10,12-14H,11H2,1-4H3,(H2,27,28,29). The summed E-state index contributed by atoms with van der Waals surface area (Å²) in [5, 5.41) is 18.3. The monoisotopic (exact) mass is 500 g/mol. The van der Waals surface area contributed by atoms with Crippen LogP contribution >= 0.6 is 0 Å². The van der Waals surface area contributed by atoms with Gasteiger partial charge in [-0.05, 0) is 25.1 Å². The topological polar surface area (TPSA) is 116 Å². The van der Waals surface area contributed by atoms with Crippen molar-refractivity contribution in [2.75, 3.05) is 31.9 Å². The Hall–Kier alpha value is -4.58. The third-order valence-electron chi connectivity index (χ3n) is 6.86. The van der Waals surface area contributed by atoms with Gasteiger partial charge in [-0.25, -0.2) is 28.7 Å². The van der Waals surface area contributed by atoms with Gasteiger partial charge < -0.3 is 15.5 Å². The number of nitrogens with two attached hydrogens (primary N) is 1. The molecule has 0 bridgehead atoms. The number of hydrogen-bond donors (Lipinski definition) is 1. The number of anilines is 2. The van der Waals surface area contributed by atoms with E-state index < -0.39 is 0 Å². The van der Waals surface area contributed by atoms with Crippen LogP contribution in [0.2, 0.25) is 0 Å². The lowest BCUT2D eigenvalue weighted by molar-refractivity contribution is 0.345. The lowest BCUT2D eigenvalue weighted by Gasteiger charge is -2.21. The Kier molecular flexibility index (Phi) is 5.26. The molecule has 2 aromatic carbocycles. The molecular weight excluding hydrogens is 475 g/mol. The SMILES string of the molecule is COc1cc(-c2nn(C(C)c3cn(-c4ccccc4F)nn3)c3ncnc(N)c23)c2c(c1)N(C)N(C)C2. The molecular formula is C25H25FN10O. The van der Waals surface area contributed by atoms with Crippen molar-refractivity contribution in [1.82, 2.24) is 39.8 Å². The minimum absolute atomic E-state index is 0.311. The minimum atomic E-state index is -0.388. The molecule has 3 aromatic heterocycles. The van der Waals surface area contributed by atoms with Crippen LogP contribution in [0.25, 0.3) is 28.0 Å². The fourth-order valence-corrected chi connectivity index (χ4v) is 4.74. The Balaban J connectivity index is 1.51. The van der Waals surface area contributed by atoms with E-state index in [2.05, 4.69) is 30.3 Å². The Morgan fingerprint density at radius 3 is 2.70 bits per heavy atom. The van der Waals surface area contributed by atoms with Gasteiger partial charge in [0, 0.05) is 37.8 Å². The van der Waals surface area contributed by atoms with Crippen molar-refractivity contribution < 1.29 is 9.13 Å². The van der Waals surface area contributed by atoms with Crippen molar-refractivity contribution in [1.29, 1.82) is 0 Å². The van der Waals surface area contributed by atoms with Crippen molar-refractivity contribution in [3.63, 3.8) is 0 Å². The smallest absolute Gasteiger partial charge is 0.164 e. The first kappa shape index (κ1) is 22.9. The van der Waals surface area contributed by atoms with E-state index in [-0.39, 0.29) is 11.9 Å². The van der Waals surface area contributed by atoms with Gasteiger partial charge in [0.05, 0.1) is 30.4 Å². The van der Waals surface area contributed by atoms with Gasteiger partial charge in [0.1, 0.15) is 40.8 Å². The first-order valence-corrected chi connectivity index (χ1v) is 11.7. The molecule has 0 aliphatic carbocycles. The van der Waals surface area contributed by atoms with Crippen LogP contribution in [0.5, 0.6) is 5.75 Å². The summed E-state index contributed by atoms with van der Waals surface area (Å²) in [7, 11) is 5.66. The van der Waals surface area contributed by atoms with Crippen LogP contribution in [0.1, 0.15) is 24.2 Å². The number of hydrazine groups is 1. The van der Waals surface area contributed by atoms with E-state index in [1.807, 2.05) is 33.2 Å². The van der Waals surface area contributed by atoms with E-state index in [0.717, 1.165) is 16.8 Å². The third-order valence-corrected chi connectivity index (χ3v) is 6.86. The van der Waals surface area contributed by atoms with Crippen LogP contribution in [-0.2, 0) is 6.54 Å². The van der Waals surface area contributed by atoms with E-state index in [1.54, 1.807) is 36.2 Å². The number of methoxy groups -OCH3 is 1. The number of nitrogen functional groups attached to an aromatic ring is 1. The maximum atomic E-state index is 14.3. The fraction of sp³-hybridized carbons (Fsp3) is 0.240. The zero-order valence-corrected chi connectivity index (χ0v) is 20.8. The van der Waals surface area contributed by atoms with Gasteiger partial charge in [-0.15, -0.1) is 5.10 Å². The summed E-state index contributed by atoms with van der Waals surface area (Å²) in [6, 6.07) is 9.99. The molecule has 37 heavy (non-hydrogen) atoms. The van der Waals surface area contributed by atoms with E-state index in [0.29, 0.717) is 46.2 Å². The fourth-order valence-electron chi connectivity index (χ4n) is 4.74. The number of para-hydroxylation sites is 1. The quantitative estimate of drug-likeness (QED) is 0.388. The van der Waals surface area contributed by atoms with E-state index >= 15 is 0 Å². The molecule has 0 saturated heterocycles. The molecule has 11 nitrogen and oxygen atoms in total. The van der Waals surface area contributed by atoms with Crippen LogP contribution in [0.3, 0.4) is 0 Å². The van der Waals surface area contributed by atoms with Crippen molar-refractivity contribution in [2.45, 2.75) is 19.5 Å². The number of halogens is 1.